The number of aromatic nitrogens is 1. The summed E-state index contributed by atoms with van der Waals surface area (Å²) in [5.41, 5.74) is 5.20. The van der Waals surface area contributed by atoms with Crippen molar-refractivity contribution in [1.29, 1.82) is 0 Å². The van der Waals surface area contributed by atoms with Gasteiger partial charge in [-0.05, 0) is 0 Å². The first-order valence-corrected chi connectivity index (χ1v) is 12.0. The molecule has 2 fully saturated rings. The van der Waals surface area contributed by atoms with E-state index in [-0.39, 0.29) is 77.1 Å². The van der Waals surface area contributed by atoms with Crippen molar-refractivity contribution in [3.8, 4) is 0 Å². The SMILES string of the molecule is CC(=O)OCC1=C(C(=O)[O-])N2C(=O)C(NC(=O)C(=NOC3CCOC3=O)c3csc(N)n3)[C@H]2SC1.[Na+]. The molecule has 186 valence electrons. The van der Waals surface area contributed by atoms with Crippen molar-refractivity contribution in [3.63, 3.8) is 0 Å². The molecule has 1 aromatic rings. The van der Waals surface area contributed by atoms with Crippen molar-refractivity contribution in [2.45, 2.75) is 30.9 Å². The van der Waals surface area contributed by atoms with E-state index in [4.69, 9.17) is 20.0 Å². The minimum atomic E-state index is -1.60. The summed E-state index contributed by atoms with van der Waals surface area (Å²) in [5.74, 6) is -4.25. The summed E-state index contributed by atoms with van der Waals surface area (Å²) >= 11 is 2.22. The predicted octanol–water partition coefficient (Wildman–Crippen LogP) is -5.27. The molecule has 3 N–H and O–H groups in total. The second-order valence-electron chi connectivity index (χ2n) is 7.44. The van der Waals surface area contributed by atoms with Crippen LogP contribution in [0.4, 0.5) is 5.13 Å². The molecule has 17 heteroatoms. The van der Waals surface area contributed by atoms with Crippen LogP contribution in [-0.4, -0.2) is 81.8 Å². The molecule has 0 bridgehead atoms. The zero-order valence-corrected chi connectivity index (χ0v) is 22.7. The van der Waals surface area contributed by atoms with Crippen molar-refractivity contribution in [3.05, 3.63) is 22.3 Å². The molecule has 0 aromatic carbocycles. The maximum absolute atomic E-state index is 13.0. The number of esters is 2. The van der Waals surface area contributed by atoms with E-state index in [1.54, 1.807) is 0 Å². The van der Waals surface area contributed by atoms with Crippen LogP contribution in [-0.2, 0) is 38.3 Å². The standard InChI is InChI=1S/C19H19N5O9S2.Na/c1-7(25)32-4-8-5-34-16-12(15(27)24(16)13(8)17(28)29)22-14(26)11(9-6-35-19(20)21-9)23-33-10-2-3-31-18(10)30;/h6,10,12,16H,2-5H2,1H3,(H2,20,21)(H,22,26)(H,28,29);/q;+1/p-1/t10?,12?,16-;/m1./s1. The monoisotopic (exact) mass is 547 g/mol. The van der Waals surface area contributed by atoms with E-state index >= 15 is 0 Å². The van der Waals surface area contributed by atoms with Gasteiger partial charge >= 0.3 is 41.5 Å². The summed E-state index contributed by atoms with van der Waals surface area (Å²) in [5, 5.41) is 18.9. The molecule has 4 rings (SSSR count). The number of rotatable bonds is 8. The number of nitrogens with zero attached hydrogens (tertiary/aromatic N) is 3. The Balaban J connectivity index is 0.00000361. The number of ether oxygens (including phenoxy) is 2. The number of anilines is 1. The smallest absolute Gasteiger partial charge is 0.543 e. The minimum absolute atomic E-state index is 0. The largest absolute Gasteiger partial charge is 1.00 e. The number of β-lactam (4-membered cyclic amide) rings is 1. The van der Waals surface area contributed by atoms with Gasteiger partial charge in [0.15, 0.2) is 10.8 Å². The molecule has 14 nitrogen and oxygen atoms in total. The van der Waals surface area contributed by atoms with Gasteiger partial charge in [0.2, 0.25) is 6.10 Å². The summed E-state index contributed by atoms with van der Waals surface area (Å²) in [6.07, 6.45) is -0.742. The number of oxime groups is 1. The summed E-state index contributed by atoms with van der Waals surface area (Å²) < 4.78 is 9.66. The van der Waals surface area contributed by atoms with Gasteiger partial charge in [-0.1, -0.05) is 5.16 Å². The third-order valence-electron chi connectivity index (χ3n) is 5.11. The summed E-state index contributed by atoms with van der Waals surface area (Å²) in [6.45, 7) is 1.03. The molecule has 36 heavy (non-hydrogen) atoms. The molecule has 4 heterocycles. The number of nitrogens with two attached hydrogens (primary N) is 1. The number of nitrogen functional groups attached to an aromatic ring is 1. The fourth-order valence-electron chi connectivity index (χ4n) is 3.47. The van der Waals surface area contributed by atoms with Gasteiger partial charge in [0, 0.05) is 30.1 Å². The van der Waals surface area contributed by atoms with Crippen molar-refractivity contribution in [2.75, 3.05) is 24.7 Å². The fraction of sp³-hybridized carbons (Fsp3) is 0.421. The molecule has 3 aliphatic heterocycles. The normalized spacial score (nSPS) is 23.2. The Labute approximate surface area is 233 Å². The molecule has 0 radical (unpaired) electrons. The number of fused-ring (bicyclic) bond motifs is 1. The number of hydrogen-bond acceptors (Lipinski definition) is 14. The van der Waals surface area contributed by atoms with Crippen molar-refractivity contribution >= 4 is 63.7 Å². The number of thioether (sulfide) groups is 1. The number of carboxylic acid groups (broad SMARTS) is 1. The van der Waals surface area contributed by atoms with E-state index in [0.717, 1.165) is 16.2 Å². The van der Waals surface area contributed by atoms with Gasteiger partial charge in [0.1, 0.15) is 23.7 Å². The number of amides is 2. The third-order valence-corrected chi connectivity index (χ3v) is 7.13. The molecule has 0 aliphatic carbocycles. The van der Waals surface area contributed by atoms with Crippen LogP contribution < -0.4 is 45.7 Å². The maximum atomic E-state index is 13.0. The Hall–Kier alpha value is -2.66. The van der Waals surface area contributed by atoms with Crippen LogP contribution in [0, 0.1) is 0 Å². The number of carboxylic acids is 1. The van der Waals surface area contributed by atoms with Gasteiger partial charge in [-0.25, -0.2) is 9.78 Å². The van der Waals surface area contributed by atoms with Crippen LogP contribution in [0.5, 0.6) is 0 Å². The zero-order chi connectivity index (χ0) is 25.3. The number of nitrogens with one attached hydrogen (secondary N) is 1. The first kappa shape index (κ1) is 27.9. The van der Waals surface area contributed by atoms with Gasteiger partial charge in [0.05, 0.1) is 18.3 Å². The van der Waals surface area contributed by atoms with Crippen molar-refractivity contribution < 1.29 is 72.9 Å². The second kappa shape index (κ2) is 11.6. The van der Waals surface area contributed by atoms with Crippen LogP contribution in [0.2, 0.25) is 0 Å². The van der Waals surface area contributed by atoms with Crippen LogP contribution in [0.25, 0.3) is 0 Å². The van der Waals surface area contributed by atoms with Crippen molar-refractivity contribution in [2.24, 2.45) is 5.16 Å². The predicted molar refractivity (Wildman–Crippen MR) is 117 cm³/mol. The molecule has 2 saturated heterocycles. The van der Waals surface area contributed by atoms with E-state index in [2.05, 4.69) is 15.5 Å². The van der Waals surface area contributed by atoms with Crippen LogP contribution in [0.3, 0.4) is 0 Å². The Kier molecular flexibility index (Phi) is 8.99. The van der Waals surface area contributed by atoms with E-state index in [9.17, 15) is 29.1 Å². The van der Waals surface area contributed by atoms with Gasteiger partial charge in [-0.3, -0.25) is 19.3 Å². The number of aliphatic carboxylic acids is 1. The van der Waals surface area contributed by atoms with Gasteiger partial charge < -0.3 is 35.3 Å². The topological polar surface area (TPSA) is 203 Å². The third kappa shape index (κ3) is 5.67. The average molecular weight is 548 g/mol. The Morgan fingerprint density at radius 1 is 1.39 bits per heavy atom. The molecule has 2 unspecified atom stereocenters. The van der Waals surface area contributed by atoms with E-state index in [1.165, 1.54) is 24.1 Å². The molecule has 1 aromatic heterocycles. The number of hydrogen-bond donors (Lipinski definition) is 2. The summed E-state index contributed by atoms with van der Waals surface area (Å²) in [4.78, 5) is 70.4. The van der Waals surface area contributed by atoms with Crippen molar-refractivity contribution in [1.82, 2.24) is 15.2 Å². The molecular formula is C19H18N5NaO9S2. The second-order valence-corrected chi connectivity index (χ2v) is 9.44. The molecule has 3 aliphatic rings. The quantitative estimate of drug-likeness (QED) is 0.103. The first-order valence-electron chi connectivity index (χ1n) is 10.1. The number of carbonyl (C=O) groups excluding carboxylic acids is 5. The van der Waals surface area contributed by atoms with Crippen LogP contribution in [0.1, 0.15) is 19.0 Å². The fourth-order valence-corrected chi connectivity index (χ4v) is 5.35. The van der Waals surface area contributed by atoms with E-state index in [0.29, 0.717) is 0 Å². The molecule has 2 amide bonds. The maximum Gasteiger partial charge on any atom is 1.00 e. The Morgan fingerprint density at radius 2 is 2.14 bits per heavy atom. The molecule has 3 atom stereocenters. The van der Waals surface area contributed by atoms with Gasteiger partial charge in [0.25, 0.3) is 11.8 Å². The summed E-state index contributed by atoms with van der Waals surface area (Å²) in [6, 6.07) is -1.09. The number of cyclic esters (lactones) is 1. The van der Waals surface area contributed by atoms with Gasteiger partial charge in [-0.2, -0.15) is 0 Å². The average Bonchev–Trinajstić information content (AvgIpc) is 3.43. The molecular weight excluding hydrogens is 529 g/mol. The molecule has 0 spiro atoms. The first-order chi connectivity index (χ1) is 16.7. The van der Waals surface area contributed by atoms with Gasteiger partial charge in [-0.15, -0.1) is 23.1 Å². The number of carbonyl (C=O) groups is 5. The van der Waals surface area contributed by atoms with Crippen LogP contribution in [0.15, 0.2) is 21.8 Å². The summed E-state index contributed by atoms with van der Waals surface area (Å²) in [7, 11) is 0. The minimum Gasteiger partial charge on any atom is -0.543 e. The van der Waals surface area contributed by atoms with Crippen LogP contribution >= 0.6 is 23.1 Å². The van der Waals surface area contributed by atoms with E-state index < -0.39 is 52.9 Å². The Bertz CT molecular complexity index is 1170. The van der Waals surface area contributed by atoms with E-state index in [1.807, 2.05) is 0 Å². The molecule has 0 saturated carbocycles. The number of thiazole rings is 1. The zero-order valence-electron chi connectivity index (χ0n) is 19.0. The Morgan fingerprint density at radius 3 is 2.72 bits per heavy atom.